The molecule has 2 aliphatic rings. The number of nitrogens with one attached hydrogen (secondary N) is 1. The first-order chi connectivity index (χ1) is 10.2. The smallest absolute Gasteiger partial charge is 0.0472 e. The van der Waals surface area contributed by atoms with Crippen molar-refractivity contribution in [1.82, 2.24) is 10.2 Å². The van der Waals surface area contributed by atoms with Gasteiger partial charge in [-0.3, -0.25) is 0 Å². The Morgan fingerprint density at radius 2 is 2.00 bits per heavy atom. The third-order valence-electron chi connectivity index (χ3n) is 5.60. The maximum Gasteiger partial charge on any atom is 0.0472 e. The normalized spacial score (nSPS) is 29.7. The molecule has 1 heterocycles. The van der Waals surface area contributed by atoms with Gasteiger partial charge in [-0.05, 0) is 57.0 Å². The third-order valence-corrected chi connectivity index (χ3v) is 5.60. The van der Waals surface area contributed by atoms with Crippen molar-refractivity contribution in [3.8, 4) is 0 Å². The Kier molecular flexibility index (Phi) is 6.97. The highest BCUT2D eigenvalue weighted by Gasteiger charge is 2.35. The summed E-state index contributed by atoms with van der Waals surface area (Å²) < 4.78 is 5.63. The van der Waals surface area contributed by atoms with E-state index in [1.54, 1.807) is 0 Å². The molecule has 1 N–H and O–H groups in total. The largest absolute Gasteiger partial charge is 0.381 e. The van der Waals surface area contributed by atoms with Gasteiger partial charge in [-0.1, -0.05) is 26.7 Å². The maximum atomic E-state index is 5.63. The van der Waals surface area contributed by atoms with Gasteiger partial charge in [0.1, 0.15) is 0 Å². The van der Waals surface area contributed by atoms with Crippen molar-refractivity contribution >= 4 is 0 Å². The summed E-state index contributed by atoms with van der Waals surface area (Å²) in [5.74, 6) is 0.912. The van der Waals surface area contributed by atoms with E-state index in [1.807, 2.05) is 0 Å². The molecule has 21 heavy (non-hydrogen) atoms. The number of rotatable bonds is 7. The van der Waals surface area contributed by atoms with Crippen LogP contribution in [-0.2, 0) is 4.74 Å². The lowest BCUT2D eigenvalue weighted by molar-refractivity contribution is -0.0107. The van der Waals surface area contributed by atoms with Gasteiger partial charge in [0.25, 0.3) is 0 Å². The van der Waals surface area contributed by atoms with Gasteiger partial charge in [0, 0.05) is 32.3 Å². The van der Waals surface area contributed by atoms with Gasteiger partial charge in [0.05, 0.1) is 0 Å². The number of ether oxygens (including phenoxy) is 1. The molecule has 0 spiro atoms. The molecule has 0 aromatic rings. The van der Waals surface area contributed by atoms with Crippen LogP contribution in [0.1, 0.15) is 58.8 Å². The molecule has 2 rings (SSSR count). The van der Waals surface area contributed by atoms with E-state index in [-0.39, 0.29) is 0 Å². The Morgan fingerprint density at radius 3 is 2.67 bits per heavy atom. The van der Waals surface area contributed by atoms with E-state index in [2.05, 4.69) is 31.1 Å². The summed E-state index contributed by atoms with van der Waals surface area (Å²) in [4.78, 5) is 2.68. The van der Waals surface area contributed by atoms with Crippen molar-refractivity contribution in [3.63, 3.8) is 0 Å². The van der Waals surface area contributed by atoms with E-state index in [1.165, 1.54) is 51.5 Å². The molecule has 0 aromatic carbocycles. The van der Waals surface area contributed by atoms with Gasteiger partial charge in [-0.25, -0.2) is 0 Å². The van der Waals surface area contributed by atoms with Crippen LogP contribution in [0.4, 0.5) is 0 Å². The minimum atomic E-state index is 0.433. The molecule has 1 aliphatic carbocycles. The van der Waals surface area contributed by atoms with Crippen molar-refractivity contribution in [3.05, 3.63) is 0 Å². The molecule has 0 bridgehead atoms. The van der Waals surface area contributed by atoms with Crippen LogP contribution in [0.3, 0.4) is 0 Å². The summed E-state index contributed by atoms with van der Waals surface area (Å²) in [7, 11) is 2.36. The van der Waals surface area contributed by atoms with E-state index >= 15 is 0 Å². The molecule has 0 amide bonds. The molecule has 2 fully saturated rings. The summed E-state index contributed by atoms with van der Waals surface area (Å²) in [6, 6.07) is 0.805. The average Bonchev–Trinajstić information content (AvgIpc) is 2.48. The molecule has 1 aliphatic heterocycles. The summed E-state index contributed by atoms with van der Waals surface area (Å²) in [6.07, 6.45) is 9.30. The Hall–Kier alpha value is -0.120. The van der Waals surface area contributed by atoms with Gasteiger partial charge in [-0.2, -0.15) is 0 Å². The highest BCUT2D eigenvalue weighted by atomic mass is 16.5. The van der Waals surface area contributed by atoms with Crippen LogP contribution in [0, 0.1) is 11.3 Å². The molecule has 0 aromatic heterocycles. The van der Waals surface area contributed by atoms with Gasteiger partial charge in [0.15, 0.2) is 0 Å². The molecule has 124 valence electrons. The Balaban J connectivity index is 1.90. The molecule has 2 atom stereocenters. The van der Waals surface area contributed by atoms with Crippen LogP contribution >= 0.6 is 0 Å². The van der Waals surface area contributed by atoms with Gasteiger partial charge in [0.2, 0.25) is 0 Å². The Labute approximate surface area is 131 Å². The first-order valence-corrected chi connectivity index (χ1v) is 9.14. The second-order valence-corrected chi connectivity index (χ2v) is 7.63. The fourth-order valence-corrected chi connectivity index (χ4v) is 4.19. The average molecular weight is 296 g/mol. The minimum absolute atomic E-state index is 0.433. The number of hydrogen-bond acceptors (Lipinski definition) is 3. The summed E-state index contributed by atoms with van der Waals surface area (Å²) in [6.45, 7) is 10.1. The van der Waals surface area contributed by atoms with Crippen LogP contribution in [-0.4, -0.2) is 50.8 Å². The Morgan fingerprint density at radius 1 is 1.24 bits per heavy atom. The van der Waals surface area contributed by atoms with Crippen molar-refractivity contribution in [2.75, 3.05) is 39.9 Å². The van der Waals surface area contributed by atoms with Gasteiger partial charge < -0.3 is 15.0 Å². The van der Waals surface area contributed by atoms with E-state index in [9.17, 15) is 0 Å². The van der Waals surface area contributed by atoms with E-state index < -0.39 is 0 Å². The zero-order chi connectivity index (χ0) is 15.1. The van der Waals surface area contributed by atoms with Crippen LogP contribution in [0.15, 0.2) is 0 Å². The Bertz CT molecular complexity index is 289. The fraction of sp³-hybridized carbons (Fsp3) is 1.00. The highest BCUT2D eigenvalue weighted by Crippen LogP contribution is 2.34. The van der Waals surface area contributed by atoms with Crippen molar-refractivity contribution < 1.29 is 4.74 Å². The first-order valence-electron chi connectivity index (χ1n) is 9.14. The summed E-state index contributed by atoms with van der Waals surface area (Å²) in [5, 5.41) is 3.68. The van der Waals surface area contributed by atoms with Crippen molar-refractivity contribution in [2.24, 2.45) is 11.3 Å². The molecular formula is C18H36N2O. The monoisotopic (exact) mass is 296 g/mol. The van der Waals surface area contributed by atoms with Crippen molar-refractivity contribution in [2.45, 2.75) is 64.8 Å². The second-order valence-electron chi connectivity index (χ2n) is 7.63. The topological polar surface area (TPSA) is 24.5 Å². The lowest BCUT2D eigenvalue weighted by Crippen LogP contribution is -2.49. The predicted octanol–water partition coefficient (Wildman–Crippen LogP) is 3.29. The fourth-order valence-electron chi connectivity index (χ4n) is 4.19. The lowest BCUT2D eigenvalue weighted by Gasteiger charge is -2.44. The SMILES string of the molecule is CCCNCC1(CN(C)C2CCCC(C)C2)CCOCC1. The molecule has 1 saturated heterocycles. The molecule has 3 heteroatoms. The maximum absolute atomic E-state index is 5.63. The molecular weight excluding hydrogens is 260 g/mol. The van der Waals surface area contributed by atoms with Crippen LogP contribution in [0.25, 0.3) is 0 Å². The number of hydrogen-bond donors (Lipinski definition) is 1. The van der Waals surface area contributed by atoms with E-state index in [0.717, 1.165) is 38.3 Å². The number of nitrogens with zero attached hydrogens (tertiary/aromatic N) is 1. The second kappa shape index (κ2) is 8.50. The first kappa shape index (κ1) is 17.2. The summed E-state index contributed by atoms with van der Waals surface area (Å²) in [5.41, 5.74) is 0.433. The van der Waals surface area contributed by atoms with Crippen LogP contribution in [0.2, 0.25) is 0 Å². The summed E-state index contributed by atoms with van der Waals surface area (Å²) >= 11 is 0. The zero-order valence-electron chi connectivity index (χ0n) is 14.5. The van der Waals surface area contributed by atoms with Crippen molar-refractivity contribution in [1.29, 1.82) is 0 Å². The third kappa shape index (κ3) is 5.22. The molecule has 0 radical (unpaired) electrons. The van der Waals surface area contributed by atoms with Crippen LogP contribution in [0.5, 0.6) is 0 Å². The quantitative estimate of drug-likeness (QED) is 0.730. The molecule has 2 unspecified atom stereocenters. The standard InChI is InChI=1S/C18H36N2O/c1-4-10-19-14-18(8-11-21-12-9-18)15-20(3)17-7-5-6-16(2)13-17/h16-17,19H,4-15H2,1-3H3. The highest BCUT2D eigenvalue weighted by molar-refractivity contribution is 4.89. The zero-order valence-corrected chi connectivity index (χ0v) is 14.5. The van der Waals surface area contributed by atoms with E-state index in [0.29, 0.717) is 5.41 Å². The molecule has 1 saturated carbocycles. The predicted molar refractivity (Wildman–Crippen MR) is 89.7 cm³/mol. The van der Waals surface area contributed by atoms with E-state index in [4.69, 9.17) is 4.74 Å². The lowest BCUT2D eigenvalue weighted by atomic mass is 9.78. The van der Waals surface area contributed by atoms with Gasteiger partial charge in [-0.15, -0.1) is 0 Å². The minimum Gasteiger partial charge on any atom is -0.381 e. The molecule has 3 nitrogen and oxygen atoms in total. The van der Waals surface area contributed by atoms with Gasteiger partial charge >= 0.3 is 0 Å². The van der Waals surface area contributed by atoms with Crippen LogP contribution < -0.4 is 5.32 Å².